The van der Waals surface area contributed by atoms with Gasteiger partial charge in [-0.05, 0) is 82.2 Å². The normalized spacial score (nSPS) is 15.2. The van der Waals surface area contributed by atoms with E-state index in [9.17, 15) is 0 Å². The van der Waals surface area contributed by atoms with E-state index < -0.39 is 0 Å². The van der Waals surface area contributed by atoms with Crippen molar-refractivity contribution >= 4 is 98.6 Å². The zero-order valence-corrected chi connectivity index (χ0v) is 27.4. The van der Waals surface area contributed by atoms with Crippen LogP contribution in [0.1, 0.15) is 23.5 Å². The molecular weight excluding hydrogens is 625 g/mol. The maximum Gasteiger partial charge on any atom is 0.146 e. The Labute approximate surface area is 291 Å². The molecule has 0 saturated carbocycles. The van der Waals surface area contributed by atoms with Gasteiger partial charge in [-0.15, -0.1) is 0 Å². The van der Waals surface area contributed by atoms with Gasteiger partial charge in [0.05, 0.1) is 16.6 Å². The van der Waals surface area contributed by atoms with E-state index in [1.165, 1.54) is 38.2 Å². The van der Waals surface area contributed by atoms with E-state index in [4.69, 9.17) is 13.8 Å². The molecule has 0 bridgehead atoms. The quantitative estimate of drug-likeness (QED) is 0.175. The Hall–Kier alpha value is -6.65. The molecule has 238 valence electrons. The van der Waals surface area contributed by atoms with E-state index >= 15 is 0 Å². The summed E-state index contributed by atoms with van der Waals surface area (Å²) >= 11 is 0. The van der Waals surface area contributed by atoms with Crippen molar-refractivity contribution in [3.8, 4) is 0 Å². The topological polar surface area (TPSA) is 43.6 Å². The second-order valence-corrected chi connectivity index (χ2v) is 13.8. The summed E-state index contributed by atoms with van der Waals surface area (Å²) in [4.78, 5) is 5.09. The molecule has 0 fully saturated rings. The van der Waals surface area contributed by atoms with Gasteiger partial charge in [-0.3, -0.25) is 4.40 Å². The average Bonchev–Trinajstić information content (AvgIpc) is 3.89. The Morgan fingerprint density at radius 3 is 2.27 bits per heavy atom. The molecule has 0 N–H and O–H groups in total. The summed E-state index contributed by atoms with van der Waals surface area (Å²) in [6.45, 7) is 0. The molecule has 4 aromatic heterocycles. The van der Waals surface area contributed by atoms with Crippen molar-refractivity contribution in [2.24, 2.45) is 0 Å². The van der Waals surface area contributed by atoms with Crippen molar-refractivity contribution < 1.29 is 8.83 Å². The smallest absolute Gasteiger partial charge is 0.146 e. The Balaban J connectivity index is 1.01. The lowest BCUT2D eigenvalue weighted by molar-refractivity contribution is 0.652. The van der Waals surface area contributed by atoms with Crippen LogP contribution in [0, 0.1) is 0 Å². The minimum atomic E-state index is 0.143. The van der Waals surface area contributed by atoms with Crippen LogP contribution in [0.2, 0.25) is 0 Å². The molecule has 1 atom stereocenters. The summed E-state index contributed by atoms with van der Waals surface area (Å²) in [5.74, 6) is 0.143. The highest BCUT2D eigenvalue weighted by atomic mass is 16.3. The molecule has 0 spiro atoms. The average molecular weight is 653 g/mol. The molecule has 1 aliphatic rings. The maximum atomic E-state index is 6.73. The van der Waals surface area contributed by atoms with Crippen molar-refractivity contribution in [1.82, 2.24) is 9.38 Å². The highest BCUT2D eigenvalue weighted by Crippen LogP contribution is 2.47. The number of rotatable bonds is 2. The third-order valence-corrected chi connectivity index (χ3v) is 11.1. The summed E-state index contributed by atoms with van der Waals surface area (Å²) in [7, 11) is 0. The number of pyridine rings is 1. The number of aromatic nitrogens is 2. The van der Waals surface area contributed by atoms with Gasteiger partial charge in [0.25, 0.3) is 0 Å². The minimum absolute atomic E-state index is 0.143. The van der Waals surface area contributed by atoms with Gasteiger partial charge in [0.1, 0.15) is 28.0 Å². The Kier molecular flexibility index (Phi) is 5.31. The molecule has 1 unspecified atom stereocenters. The van der Waals surface area contributed by atoms with E-state index in [0.717, 1.165) is 77.9 Å². The predicted octanol–water partition coefficient (Wildman–Crippen LogP) is 12.9. The van der Waals surface area contributed by atoms with Crippen LogP contribution in [0.3, 0.4) is 0 Å². The third kappa shape index (κ3) is 3.71. The molecule has 0 radical (unpaired) electrons. The van der Waals surface area contributed by atoms with E-state index in [1.807, 2.05) is 6.07 Å². The predicted molar refractivity (Wildman–Crippen MR) is 211 cm³/mol. The first-order chi connectivity index (χ1) is 25.3. The van der Waals surface area contributed by atoms with Crippen LogP contribution < -0.4 is 0 Å². The number of benzene rings is 7. The SMILES string of the molecule is C1=CC(c2cc3oc4ccc5ccccc5c4c3c3c2oc2ccccc23)CC=C1c1ccc2c(c1)c1ccccc1n1c3ccccc3nc21. The van der Waals surface area contributed by atoms with Crippen molar-refractivity contribution in [2.45, 2.75) is 12.3 Å². The van der Waals surface area contributed by atoms with Gasteiger partial charge in [0.15, 0.2) is 0 Å². The summed E-state index contributed by atoms with van der Waals surface area (Å²) < 4.78 is 15.7. The number of furan rings is 2. The summed E-state index contributed by atoms with van der Waals surface area (Å²) in [6.07, 6.45) is 7.86. The van der Waals surface area contributed by atoms with Crippen molar-refractivity contribution in [1.29, 1.82) is 0 Å². The largest absolute Gasteiger partial charge is 0.456 e. The molecule has 51 heavy (non-hydrogen) atoms. The molecule has 7 aromatic carbocycles. The molecule has 1 aliphatic carbocycles. The van der Waals surface area contributed by atoms with Crippen LogP contribution in [0.25, 0.3) is 98.6 Å². The monoisotopic (exact) mass is 652 g/mol. The Morgan fingerprint density at radius 1 is 0.569 bits per heavy atom. The fraction of sp³-hybridized carbons (Fsp3) is 0.0426. The van der Waals surface area contributed by atoms with Crippen LogP contribution in [-0.4, -0.2) is 9.38 Å². The van der Waals surface area contributed by atoms with Crippen molar-refractivity contribution in [3.05, 3.63) is 163 Å². The molecule has 4 heteroatoms. The number of allylic oxidation sites excluding steroid dienone is 4. The van der Waals surface area contributed by atoms with Crippen LogP contribution >= 0.6 is 0 Å². The lowest BCUT2D eigenvalue weighted by Gasteiger charge is -2.18. The fourth-order valence-electron chi connectivity index (χ4n) is 8.77. The number of para-hydroxylation sites is 4. The van der Waals surface area contributed by atoms with E-state index in [1.54, 1.807) is 0 Å². The first kappa shape index (κ1) is 27.2. The summed E-state index contributed by atoms with van der Waals surface area (Å²) in [5, 5.41) is 10.5. The molecule has 11 aromatic rings. The number of fused-ring (bicyclic) bond motifs is 17. The van der Waals surface area contributed by atoms with Gasteiger partial charge in [0.2, 0.25) is 0 Å². The highest BCUT2D eigenvalue weighted by molar-refractivity contribution is 6.31. The standard InChI is InChI=1S/C47H28N2O2/c1-2-10-31-28(9-1)22-24-41-43(31)45-42(50-41)26-35(46-44(45)34-12-4-8-16-40(34)51-46)29-19-17-27(18-20-29)30-21-23-33-36(25-30)32-11-3-6-14-38(32)49-39-15-7-5-13-37(39)48-47(33)49/h1-19,21-26,29H,20H2. The molecule has 12 rings (SSSR count). The minimum Gasteiger partial charge on any atom is -0.456 e. The zero-order valence-electron chi connectivity index (χ0n) is 27.4. The Morgan fingerprint density at radius 2 is 1.37 bits per heavy atom. The molecular formula is C47H28N2O2. The summed E-state index contributed by atoms with van der Waals surface area (Å²) in [5.41, 5.74) is 11.5. The Bertz CT molecular complexity index is 3350. The first-order valence-corrected chi connectivity index (χ1v) is 17.6. The summed E-state index contributed by atoms with van der Waals surface area (Å²) in [6, 6.07) is 47.3. The van der Waals surface area contributed by atoms with Gasteiger partial charge >= 0.3 is 0 Å². The van der Waals surface area contributed by atoms with Crippen LogP contribution in [0.5, 0.6) is 0 Å². The van der Waals surface area contributed by atoms with E-state index in [2.05, 4.69) is 150 Å². The molecule has 0 saturated heterocycles. The van der Waals surface area contributed by atoms with Gasteiger partial charge in [-0.25, -0.2) is 4.98 Å². The maximum absolute atomic E-state index is 6.73. The second-order valence-electron chi connectivity index (χ2n) is 13.8. The molecule has 0 amide bonds. The van der Waals surface area contributed by atoms with Crippen LogP contribution in [0.15, 0.2) is 161 Å². The second kappa shape index (κ2) is 9.96. The number of imidazole rings is 1. The van der Waals surface area contributed by atoms with Crippen molar-refractivity contribution in [2.75, 3.05) is 0 Å². The molecule has 4 heterocycles. The number of hydrogen-bond acceptors (Lipinski definition) is 3. The van der Waals surface area contributed by atoms with Gasteiger partial charge in [0, 0.05) is 43.8 Å². The van der Waals surface area contributed by atoms with Gasteiger partial charge in [-0.2, -0.15) is 0 Å². The number of hydrogen-bond donors (Lipinski definition) is 0. The zero-order chi connectivity index (χ0) is 33.2. The molecule has 0 aliphatic heterocycles. The molecule has 4 nitrogen and oxygen atoms in total. The fourth-order valence-corrected chi connectivity index (χ4v) is 8.77. The van der Waals surface area contributed by atoms with E-state index in [-0.39, 0.29) is 5.92 Å². The number of nitrogens with zero attached hydrogens (tertiary/aromatic N) is 2. The highest BCUT2D eigenvalue weighted by Gasteiger charge is 2.25. The van der Waals surface area contributed by atoms with Crippen LogP contribution in [-0.2, 0) is 0 Å². The van der Waals surface area contributed by atoms with E-state index in [0.29, 0.717) is 0 Å². The van der Waals surface area contributed by atoms with Crippen molar-refractivity contribution in [3.63, 3.8) is 0 Å². The van der Waals surface area contributed by atoms with Gasteiger partial charge < -0.3 is 8.83 Å². The lowest BCUT2D eigenvalue weighted by Crippen LogP contribution is -2.00. The van der Waals surface area contributed by atoms with Crippen LogP contribution in [0.4, 0.5) is 0 Å². The third-order valence-electron chi connectivity index (χ3n) is 11.1. The van der Waals surface area contributed by atoms with Gasteiger partial charge in [-0.1, -0.05) is 103 Å². The first-order valence-electron chi connectivity index (χ1n) is 17.6. The lowest BCUT2D eigenvalue weighted by atomic mass is 9.86.